The molecule has 2 heterocycles. The van der Waals surface area contributed by atoms with Crippen molar-refractivity contribution in [1.29, 1.82) is 0 Å². The molecule has 12 rings (SSSR count). The molecule has 59 heavy (non-hydrogen) atoms. The number of hydrogen-bond donors (Lipinski definition) is 0. The number of anilines is 3. The summed E-state index contributed by atoms with van der Waals surface area (Å²) >= 11 is 0. The lowest BCUT2D eigenvalue weighted by atomic mass is 9.97. The maximum Gasteiger partial charge on any atom is 0.147 e. The van der Waals surface area contributed by atoms with Crippen LogP contribution in [0.4, 0.5) is 17.1 Å². The highest BCUT2D eigenvalue weighted by Gasteiger charge is 2.19. The highest BCUT2D eigenvalue weighted by Crippen LogP contribution is 2.43. The third-order valence-corrected chi connectivity index (χ3v) is 11.9. The van der Waals surface area contributed by atoms with E-state index in [2.05, 4.69) is 205 Å². The van der Waals surface area contributed by atoms with Crippen LogP contribution in [0.3, 0.4) is 0 Å². The minimum absolute atomic E-state index is 0.833. The molecule has 0 unspecified atom stereocenters. The number of furan rings is 2. The van der Waals surface area contributed by atoms with Gasteiger partial charge in [0.2, 0.25) is 0 Å². The molecule has 0 fully saturated rings. The van der Waals surface area contributed by atoms with Crippen molar-refractivity contribution in [3.05, 3.63) is 212 Å². The standard InChI is InChI=1S/C56H35NO2/c1-2-10-36(11-3-1)37-22-27-43(28-23-37)57(44-29-25-40(26-30-44)47-16-8-13-39-12-4-5-14-46(39)47)45-31-24-38-20-21-41(34-42(38)35-45)48-17-9-18-49-50-32-33-53-54(56(50)59-55(48)49)51-15-6-7-19-52(51)58-53/h1-35H. The monoisotopic (exact) mass is 753 g/mol. The van der Waals surface area contributed by atoms with Gasteiger partial charge in [-0.1, -0.05) is 152 Å². The maximum absolute atomic E-state index is 6.85. The van der Waals surface area contributed by atoms with Crippen LogP contribution in [0, 0.1) is 0 Å². The second-order valence-electron chi connectivity index (χ2n) is 15.3. The van der Waals surface area contributed by atoms with Gasteiger partial charge in [0, 0.05) is 38.8 Å². The Morgan fingerprint density at radius 3 is 1.75 bits per heavy atom. The van der Waals surface area contributed by atoms with Gasteiger partial charge in [-0.3, -0.25) is 0 Å². The Morgan fingerprint density at radius 2 is 0.898 bits per heavy atom. The third-order valence-electron chi connectivity index (χ3n) is 11.9. The molecule has 0 aliphatic heterocycles. The summed E-state index contributed by atoms with van der Waals surface area (Å²) in [5.74, 6) is 0. The first-order valence-corrected chi connectivity index (χ1v) is 20.1. The van der Waals surface area contributed by atoms with Gasteiger partial charge in [0.25, 0.3) is 0 Å². The van der Waals surface area contributed by atoms with Crippen molar-refractivity contribution in [1.82, 2.24) is 0 Å². The zero-order valence-electron chi connectivity index (χ0n) is 32.0. The van der Waals surface area contributed by atoms with Crippen molar-refractivity contribution in [3.63, 3.8) is 0 Å². The van der Waals surface area contributed by atoms with Crippen molar-refractivity contribution >= 4 is 82.5 Å². The van der Waals surface area contributed by atoms with E-state index in [0.717, 1.165) is 77.5 Å². The number of nitrogens with zero attached hydrogens (tertiary/aromatic N) is 1. The zero-order chi connectivity index (χ0) is 38.9. The minimum atomic E-state index is 0.833. The van der Waals surface area contributed by atoms with Gasteiger partial charge in [0.1, 0.15) is 22.3 Å². The predicted molar refractivity (Wildman–Crippen MR) is 247 cm³/mol. The molecular formula is C56H35NO2. The van der Waals surface area contributed by atoms with E-state index in [1.165, 1.54) is 38.4 Å². The highest BCUT2D eigenvalue weighted by atomic mass is 16.3. The summed E-state index contributed by atoms with van der Waals surface area (Å²) in [6, 6.07) is 75.9. The van der Waals surface area contributed by atoms with Gasteiger partial charge < -0.3 is 13.7 Å². The molecule has 0 radical (unpaired) electrons. The van der Waals surface area contributed by atoms with Crippen molar-refractivity contribution < 1.29 is 8.83 Å². The van der Waals surface area contributed by atoms with E-state index < -0.39 is 0 Å². The topological polar surface area (TPSA) is 29.5 Å². The molecule has 3 heteroatoms. The summed E-state index contributed by atoms with van der Waals surface area (Å²) in [5, 5.41) is 9.08. The molecule has 276 valence electrons. The third kappa shape index (κ3) is 5.51. The van der Waals surface area contributed by atoms with Crippen molar-refractivity contribution in [2.24, 2.45) is 0 Å². The number of fused-ring (bicyclic) bond motifs is 9. The van der Waals surface area contributed by atoms with E-state index in [1.54, 1.807) is 0 Å². The normalized spacial score (nSPS) is 11.7. The summed E-state index contributed by atoms with van der Waals surface area (Å²) in [4.78, 5) is 2.36. The molecule has 0 bridgehead atoms. The van der Waals surface area contributed by atoms with Crippen LogP contribution >= 0.6 is 0 Å². The van der Waals surface area contributed by atoms with Gasteiger partial charge in [-0.15, -0.1) is 0 Å². The summed E-state index contributed by atoms with van der Waals surface area (Å²) in [7, 11) is 0. The molecule has 0 saturated heterocycles. The molecule has 10 aromatic carbocycles. The Labute approximate surface area is 340 Å². The molecule has 12 aromatic rings. The van der Waals surface area contributed by atoms with Gasteiger partial charge in [-0.2, -0.15) is 0 Å². The molecule has 0 N–H and O–H groups in total. The first-order valence-electron chi connectivity index (χ1n) is 20.1. The molecule has 0 saturated carbocycles. The van der Waals surface area contributed by atoms with Gasteiger partial charge in [-0.25, -0.2) is 0 Å². The molecule has 0 amide bonds. The lowest BCUT2D eigenvalue weighted by Crippen LogP contribution is -2.09. The maximum atomic E-state index is 6.85. The van der Waals surface area contributed by atoms with Crippen LogP contribution in [0.1, 0.15) is 0 Å². The zero-order valence-corrected chi connectivity index (χ0v) is 32.0. The molecule has 0 aliphatic rings. The molecule has 3 nitrogen and oxygen atoms in total. The van der Waals surface area contributed by atoms with E-state index >= 15 is 0 Å². The fraction of sp³-hybridized carbons (Fsp3) is 0. The van der Waals surface area contributed by atoms with E-state index in [1.807, 2.05) is 12.1 Å². The lowest BCUT2D eigenvalue weighted by molar-refractivity contribution is 0.663. The summed E-state index contributed by atoms with van der Waals surface area (Å²) in [6.07, 6.45) is 0. The lowest BCUT2D eigenvalue weighted by Gasteiger charge is -2.26. The Hall–Kier alpha value is -7.88. The average Bonchev–Trinajstić information content (AvgIpc) is 3.88. The van der Waals surface area contributed by atoms with E-state index in [9.17, 15) is 0 Å². The van der Waals surface area contributed by atoms with Crippen LogP contribution in [-0.2, 0) is 0 Å². The molecule has 2 aromatic heterocycles. The van der Waals surface area contributed by atoms with Crippen LogP contribution in [-0.4, -0.2) is 0 Å². The molecule has 0 aliphatic carbocycles. The Morgan fingerprint density at radius 1 is 0.288 bits per heavy atom. The summed E-state index contributed by atoms with van der Waals surface area (Å²) in [5.41, 5.74) is 13.7. The summed E-state index contributed by atoms with van der Waals surface area (Å²) < 4.78 is 13.1. The minimum Gasteiger partial charge on any atom is -0.456 e. The number of para-hydroxylation sites is 2. The van der Waals surface area contributed by atoms with Gasteiger partial charge in [0.05, 0.1) is 5.39 Å². The van der Waals surface area contributed by atoms with Crippen LogP contribution < -0.4 is 4.90 Å². The van der Waals surface area contributed by atoms with E-state index in [0.29, 0.717) is 0 Å². The van der Waals surface area contributed by atoms with Crippen molar-refractivity contribution in [2.75, 3.05) is 4.90 Å². The molecule has 0 spiro atoms. The second-order valence-corrected chi connectivity index (χ2v) is 15.3. The van der Waals surface area contributed by atoms with Gasteiger partial charge >= 0.3 is 0 Å². The molecular weight excluding hydrogens is 719 g/mol. The highest BCUT2D eigenvalue weighted by molar-refractivity contribution is 6.23. The molecule has 0 atom stereocenters. The second kappa shape index (κ2) is 13.4. The van der Waals surface area contributed by atoms with Crippen molar-refractivity contribution in [2.45, 2.75) is 0 Å². The summed E-state index contributed by atoms with van der Waals surface area (Å²) in [6.45, 7) is 0. The van der Waals surface area contributed by atoms with E-state index in [-0.39, 0.29) is 0 Å². The van der Waals surface area contributed by atoms with Crippen molar-refractivity contribution in [3.8, 4) is 33.4 Å². The number of rotatable bonds is 6. The first-order chi connectivity index (χ1) is 29.2. The van der Waals surface area contributed by atoms with Gasteiger partial charge in [-0.05, 0) is 110 Å². The SMILES string of the molecule is c1ccc(-c2ccc(N(c3ccc(-c4cccc5ccccc45)cc3)c3ccc4ccc(-c5cccc6c5oc5c6ccc6oc7ccccc7c65)cc4c3)cc2)cc1. The number of benzene rings is 10. The van der Waals surface area contributed by atoms with E-state index in [4.69, 9.17) is 8.83 Å². The van der Waals surface area contributed by atoms with Crippen LogP contribution in [0.5, 0.6) is 0 Å². The smallest absolute Gasteiger partial charge is 0.147 e. The Bertz CT molecular complexity index is 3540. The first kappa shape index (κ1) is 33.3. The fourth-order valence-corrected chi connectivity index (χ4v) is 8.98. The van der Waals surface area contributed by atoms with Crippen LogP contribution in [0.25, 0.3) is 98.8 Å². The number of hydrogen-bond acceptors (Lipinski definition) is 3. The van der Waals surface area contributed by atoms with Crippen LogP contribution in [0.15, 0.2) is 221 Å². The Balaban J connectivity index is 0.982. The average molecular weight is 754 g/mol. The largest absolute Gasteiger partial charge is 0.456 e. The fourth-order valence-electron chi connectivity index (χ4n) is 8.98. The Kier molecular flexibility index (Phi) is 7.54. The van der Waals surface area contributed by atoms with Gasteiger partial charge in [0.15, 0.2) is 0 Å². The predicted octanol–water partition coefficient (Wildman–Crippen LogP) is 16.3. The quantitative estimate of drug-likeness (QED) is 0.169. The van der Waals surface area contributed by atoms with Crippen LogP contribution in [0.2, 0.25) is 0 Å².